The molecule has 0 aromatic heterocycles. The fraction of sp³-hybridized carbons (Fsp3) is 0.647. The highest BCUT2D eigenvalue weighted by Crippen LogP contribution is 2.31. The molecule has 2 unspecified atom stereocenters. The lowest BCUT2D eigenvalue weighted by atomic mass is 9.79. The van der Waals surface area contributed by atoms with Gasteiger partial charge in [0.25, 0.3) is 0 Å². The van der Waals surface area contributed by atoms with Crippen LogP contribution in [0.25, 0.3) is 0 Å². The maximum absolute atomic E-state index is 6.00. The first-order valence-electron chi connectivity index (χ1n) is 7.71. The van der Waals surface area contributed by atoms with Crippen LogP contribution < -0.4 is 11.1 Å². The van der Waals surface area contributed by atoms with Gasteiger partial charge < -0.3 is 11.1 Å². The summed E-state index contributed by atoms with van der Waals surface area (Å²) in [4.78, 5) is 0. The Bertz CT molecular complexity index is 355. The second-order valence-electron chi connectivity index (χ2n) is 6.16. The Morgan fingerprint density at radius 2 is 1.79 bits per heavy atom. The van der Waals surface area contributed by atoms with Crippen molar-refractivity contribution in [3.05, 3.63) is 35.9 Å². The van der Waals surface area contributed by atoms with Gasteiger partial charge in [-0.05, 0) is 37.2 Å². The summed E-state index contributed by atoms with van der Waals surface area (Å²) >= 11 is 0. The Morgan fingerprint density at radius 3 is 2.37 bits per heavy atom. The molecule has 1 aliphatic rings. The summed E-state index contributed by atoms with van der Waals surface area (Å²) in [5.74, 6) is 1.66. The van der Waals surface area contributed by atoms with Crippen molar-refractivity contribution < 1.29 is 0 Å². The Kier molecular flexibility index (Phi) is 5.41. The summed E-state index contributed by atoms with van der Waals surface area (Å²) in [6.45, 7) is 5.35. The fourth-order valence-electron chi connectivity index (χ4n) is 3.24. The van der Waals surface area contributed by atoms with Crippen molar-refractivity contribution >= 4 is 0 Å². The lowest BCUT2D eigenvalue weighted by molar-refractivity contribution is 0.223. The molecule has 0 spiro atoms. The Balaban J connectivity index is 1.92. The molecule has 1 fully saturated rings. The Morgan fingerprint density at radius 1 is 1.16 bits per heavy atom. The third-order valence-electron chi connectivity index (χ3n) is 4.65. The van der Waals surface area contributed by atoms with Crippen LogP contribution >= 0.6 is 0 Å². The van der Waals surface area contributed by atoms with Crippen molar-refractivity contribution in [3.8, 4) is 0 Å². The number of nitrogens with one attached hydrogen (secondary N) is 1. The van der Waals surface area contributed by atoms with Crippen LogP contribution in [-0.2, 0) is 0 Å². The molecule has 0 radical (unpaired) electrons. The van der Waals surface area contributed by atoms with E-state index in [0.29, 0.717) is 12.1 Å². The van der Waals surface area contributed by atoms with Crippen molar-refractivity contribution in [2.45, 2.75) is 51.6 Å². The normalized spacial score (nSPS) is 26.9. The van der Waals surface area contributed by atoms with Crippen molar-refractivity contribution in [2.24, 2.45) is 17.6 Å². The van der Waals surface area contributed by atoms with Gasteiger partial charge in [-0.15, -0.1) is 0 Å². The van der Waals surface area contributed by atoms with E-state index in [0.717, 1.165) is 18.4 Å². The predicted molar refractivity (Wildman–Crippen MR) is 82.0 cm³/mol. The van der Waals surface area contributed by atoms with Crippen molar-refractivity contribution in [3.63, 3.8) is 0 Å². The fourth-order valence-corrected chi connectivity index (χ4v) is 3.24. The summed E-state index contributed by atoms with van der Waals surface area (Å²) < 4.78 is 0. The first kappa shape index (κ1) is 14.5. The van der Waals surface area contributed by atoms with E-state index in [1.807, 2.05) is 0 Å². The lowest BCUT2D eigenvalue weighted by Crippen LogP contribution is -2.44. The Hall–Kier alpha value is -0.860. The third-order valence-corrected chi connectivity index (χ3v) is 4.65. The molecule has 0 bridgehead atoms. The Labute approximate surface area is 117 Å². The van der Waals surface area contributed by atoms with Gasteiger partial charge in [0.1, 0.15) is 0 Å². The molecule has 1 aliphatic carbocycles. The molecule has 1 saturated carbocycles. The number of nitrogens with two attached hydrogens (primary N) is 1. The number of benzene rings is 1. The highest BCUT2D eigenvalue weighted by Gasteiger charge is 2.26. The number of hydrogen-bond acceptors (Lipinski definition) is 2. The van der Waals surface area contributed by atoms with E-state index in [1.54, 1.807) is 0 Å². The molecule has 3 N–H and O–H groups in total. The monoisotopic (exact) mass is 260 g/mol. The van der Waals surface area contributed by atoms with E-state index < -0.39 is 0 Å². The largest absolute Gasteiger partial charge is 0.329 e. The minimum Gasteiger partial charge on any atom is -0.329 e. The standard InChI is InChI=1S/C17H28N2/c1-13-8-10-16(11-9-13)17(12-18)19-14(2)15-6-4-3-5-7-15/h3-7,13-14,16-17,19H,8-12,18H2,1-2H3. The van der Waals surface area contributed by atoms with Crippen LogP contribution in [0.1, 0.15) is 51.1 Å². The molecule has 1 aromatic carbocycles. The molecule has 0 amide bonds. The van der Waals surface area contributed by atoms with Gasteiger partial charge in [0.05, 0.1) is 0 Å². The highest BCUT2D eigenvalue weighted by atomic mass is 15.0. The lowest BCUT2D eigenvalue weighted by Gasteiger charge is -2.34. The minimum absolute atomic E-state index is 0.383. The van der Waals surface area contributed by atoms with Gasteiger partial charge in [-0.1, -0.05) is 50.1 Å². The van der Waals surface area contributed by atoms with Crippen molar-refractivity contribution in [1.29, 1.82) is 0 Å². The molecule has 106 valence electrons. The molecule has 1 aromatic rings. The molecule has 0 heterocycles. The average molecular weight is 260 g/mol. The number of rotatable bonds is 5. The van der Waals surface area contributed by atoms with Gasteiger partial charge in [0, 0.05) is 18.6 Å². The van der Waals surface area contributed by atoms with Crippen LogP contribution in [0, 0.1) is 11.8 Å². The van der Waals surface area contributed by atoms with Gasteiger partial charge in [0.15, 0.2) is 0 Å². The molecule has 2 heteroatoms. The second-order valence-corrected chi connectivity index (χ2v) is 6.16. The second kappa shape index (κ2) is 7.06. The van der Waals surface area contributed by atoms with E-state index in [4.69, 9.17) is 5.73 Å². The van der Waals surface area contributed by atoms with Crippen LogP contribution in [0.5, 0.6) is 0 Å². The smallest absolute Gasteiger partial charge is 0.0294 e. The van der Waals surface area contributed by atoms with E-state index in [2.05, 4.69) is 49.5 Å². The highest BCUT2D eigenvalue weighted by molar-refractivity contribution is 5.18. The van der Waals surface area contributed by atoms with Gasteiger partial charge in [0.2, 0.25) is 0 Å². The zero-order valence-corrected chi connectivity index (χ0v) is 12.3. The van der Waals surface area contributed by atoms with Gasteiger partial charge in [-0.3, -0.25) is 0 Å². The topological polar surface area (TPSA) is 38.0 Å². The molecule has 19 heavy (non-hydrogen) atoms. The molecular weight excluding hydrogens is 232 g/mol. The van der Waals surface area contributed by atoms with E-state index >= 15 is 0 Å². The molecule has 2 atom stereocenters. The van der Waals surface area contributed by atoms with Crippen molar-refractivity contribution in [1.82, 2.24) is 5.32 Å². The van der Waals surface area contributed by atoms with Crippen molar-refractivity contribution in [2.75, 3.05) is 6.54 Å². The summed E-state index contributed by atoms with van der Waals surface area (Å²) in [6, 6.07) is 11.5. The summed E-state index contributed by atoms with van der Waals surface area (Å²) in [5.41, 5.74) is 7.35. The quantitative estimate of drug-likeness (QED) is 0.850. The van der Waals surface area contributed by atoms with Crippen LogP contribution in [0.3, 0.4) is 0 Å². The van der Waals surface area contributed by atoms with Gasteiger partial charge in [-0.2, -0.15) is 0 Å². The first-order chi connectivity index (χ1) is 9.20. The zero-order valence-electron chi connectivity index (χ0n) is 12.3. The third kappa shape index (κ3) is 4.05. The van der Waals surface area contributed by atoms with Crippen LogP contribution in [0.2, 0.25) is 0 Å². The minimum atomic E-state index is 0.383. The molecule has 0 aliphatic heterocycles. The summed E-state index contributed by atoms with van der Waals surface area (Å²) in [7, 11) is 0. The molecular formula is C17H28N2. The van der Waals surface area contributed by atoms with E-state index in [1.165, 1.54) is 31.2 Å². The van der Waals surface area contributed by atoms with Crippen LogP contribution in [0.4, 0.5) is 0 Å². The maximum atomic E-state index is 6.00. The zero-order chi connectivity index (χ0) is 13.7. The predicted octanol–water partition coefficient (Wildman–Crippen LogP) is 3.49. The van der Waals surface area contributed by atoms with E-state index in [-0.39, 0.29) is 0 Å². The van der Waals surface area contributed by atoms with Crippen LogP contribution in [0.15, 0.2) is 30.3 Å². The molecule has 0 saturated heterocycles. The van der Waals surface area contributed by atoms with Gasteiger partial charge >= 0.3 is 0 Å². The summed E-state index contributed by atoms with van der Waals surface area (Å²) in [5, 5.41) is 3.74. The van der Waals surface area contributed by atoms with E-state index in [9.17, 15) is 0 Å². The summed E-state index contributed by atoms with van der Waals surface area (Å²) in [6.07, 6.45) is 5.39. The molecule has 2 rings (SSSR count). The molecule has 2 nitrogen and oxygen atoms in total. The average Bonchev–Trinajstić information content (AvgIpc) is 2.46. The first-order valence-corrected chi connectivity index (χ1v) is 7.71. The van der Waals surface area contributed by atoms with Gasteiger partial charge in [-0.25, -0.2) is 0 Å². The number of hydrogen-bond donors (Lipinski definition) is 2. The maximum Gasteiger partial charge on any atom is 0.0294 e. The van der Waals surface area contributed by atoms with Crippen LogP contribution in [-0.4, -0.2) is 12.6 Å². The SMILES string of the molecule is CC1CCC(C(CN)NC(C)c2ccccc2)CC1.